The fourth-order valence-electron chi connectivity index (χ4n) is 0.938. The third kappa shape index (κ3) is 3.80. The Bertz CT molecular complexity index is 374. The molecule has 3 nitrogen and oxygen atoms in total. The van der Waals surface area contributed by atoms with Gasteiger partial charge in [-0.3, -0.25) is 4.79 Å². The van der Waals surface area contributed by atoms with Gasteiger partial charge >= 0.3 is 12.3 Å². The minimum Gasteiger partial charge on any atom is -0.423 e. The molecule has 0 saturated heterocycles. The van der Waals surface area contributed by atoms with E-state index in [0.29, 0.717) is 0 Å². The van der Waals surface area contributed by atoms with Crippen LogP contribution in [-0.4, -0.2) is 12.3 Å². The van der Waals surface area contributed by atoms with Crippen molar-refractivity contribution < 1.29 is 27.4 Å². The number of rotatable bonds is 3. The molecule has 0 amide bonds. The van der Waals surface area contributed by atoms with Crippen LogP contribution in [0.25, 0.3) is 0 Å². The van der Waals surface area contributed by atoms with E-state index in [9.17, 15) is 18.0 Å². The monoisotopic (exact) mass is 234 g/mol. The Morgan fingerprint density at radius 2 is 1.81 bits per heavy atom. The quantitative estimate of drug-likeness (QED) is 0.595. The molecule has 0 aromatic heterocycles. The third-order valence-corrected chi connectivity index (χ3v) is 1.59. The normalized spacial score (nSPS) is 11.0. The summed E-state index contributed by atoms with van der Waals surface area (Å²) in [7, 11) is 0. The van der Waals surface area contributed by atoms with E-state index in [1.165, 1.54) is 25.1 Å². The van der Waals surface area contributed by atoms with E-state index in [0.717, 1.165) is 6.07 Å². The van der Waals surface area contributed by atoms with Crippen LogP contribution in [0.4, 0.5) is 13.2 Å². The Balaban J connectivity index is 2.87. The summed E-state index contributed by atoms with van der Waals surface area (Å²) in [4.78, 5) is 10.9. The van der Waals surface area contributed by atoms with Crippen molar-refractivity contribution in [1.29, 1.82) is 0 Å². The molecule has 16 heavy (non-hydrogen) atoms. The minimum absolute atomic E-state index is 0.0698. The molecule has 0 spiro atoms. The van der Waals surface area contributed by atoms with Crippen molar-refractivity contribution in [2.75, 3.05) is 0 Å². The van der Waals surface area contributed by atoms with Gasteiger partial charge in [0.05, 0.1) is 0 Å². The molecule has 0 aliphatic rings. The number of halogens is 3. The Hall–Kier alpha value is -1.72. The van der Waals surface area contributed by atoms with Crippen LogP contribution in [0, 0.1) is 0 Å². The summed E-state index contributed by atoms with van der Waals surface area (Å²) in [6.45, 7) is 1.54. The van der Waals surface area contributed by atoms with Crippen molar-refractivity contribution >= 4 is 5.97 Å². The number of esters is 1. The van der Waals surface area contributed by atoms with Gasteiger partial charge in [-0.1, -0.05) is 19.1 Å². The highest BCUT2D eigenvalue weighted by atomic mass is 19.4. The molecular weight excluding hydrogens is 225 g/mol. The van der Waals surface area contributed by atoms with E-state index in [1.54, 1.807) is 0 Å². The van der Waals surface area contributed by atoms with Gasteiger partial charge in [0, 0.05) is 6.42 Å². The SMILES string of the molecule is CCC(=O)Oc1ccccc1OC(F)(F)F. The highest BCUT2D eigenvalue weighted by molar-refractivity contribution is 5.72. The Morgan fingerprint density at radius 1 is 1.25 bits per heavy atom. The van der Waals surface area contributed by atoms with Crippen LogP contribution in [0.5, 0.6) is 11.5 Å². The molecule has 1 aromatic rings. The van der Waals surface area contributed by atoms with E-state index in [2.05, 4.69) is 9.47 Å². The number of ether oxygens (including phenoxy) is 2. The summed E-state index contributed by atoms with van der Waals surface area (Å²) in [5.41, 5.74) is 0. The molecule has 1 rings (SSSR count). The van der Waals surface area contributed by atoms with Gasteiger partial charge in [-0.2, -0.15) is 0 Å². The molecule has 6 heteroatoms. The van der Waals surface area contributed by atoms with Crippen molar-refractivity contribution in [2.24, 2.45) is 0 Å². The number of alkyl halides is 3. The minimum atomic E-state index is -4.81. The number of hydrogen-bond acceptors (Lipinski definition) is 3. The van der Waals surface area contributed by atoms with Crippen molar-refractivity contribution in [3.05, 3.63) is 24.3 Å². The van der Waals surface area contributed by atoms with Crippen molar-refractivity contribution in [2.45, 2.75) is 19.7 Å². The smallest absolute Gasteiger partial charge is 0.423 e. The average molecular weight is 234 g/mol. The number of benzene rings is 1. The van der Waals surface area contributed by atoms with E-state index in [4.69, 9.17) is 0 Å². The first-order valence-electron chi connectivity index (χ1n) is 4.48. The maximum atomic E-state index is 12.0. The van der Waals surface area contributed by atoms with Gasteiger partial charge in [-0.15, -0.1) is 13.2 Å². The van der Waals surface area contributed by atoms with Crippen molar-refractivity contribution in [3.63, 3.8) is 0 Å². The van der Waals surface area contributed by atoms with E-state index in [1.807, 2.05) is 0 Å². The first kappa shape index (κ1) is 12.4. The van der Waals surface area contributed by atoms with Crippen molar-refractivity contribution in [1.82, 2.24) is 0 Å². The molecule has 0 aliphatic carbocycles. The topological polar surface area (TPSA) is 35.5 Å². The molecule has 0 atom stereocenters. The predicted octanol–water partition coefficient (Wildman–Crippen LogP) is 2.90. The van der Waals surface area contributed by atoms with Crippen LogP contribution < -0.4 is 9.47 Å². The second-order valence-corrected chi connectivity index (χ2v) is 2.82. The van der Waals surface area contributed by atoms with Crippen LogP contribution in [0.3, 0.4) is 0 Å². The molecule has 0 N–H and O–H groups in total. The molecule has 0 radical (unpaired) electrons. The van der Waals surface area contributed by atoms with Gasteiger partial charge in [0.15, 0.2) is 11.5 Å². The average Bonchev–Trinajstić information content (AvgIpc) is 2.18. The molecule has 1 aromatic carbocycles. The molecule has 0 heterocycles. The molecular formula is C10H9F3O3. The Labute approximate surface area is 89.8 Å². The first-order valence-corrected chi connectivity index (χ1v) is 4.48. The van der Waals surface area contributed by atoms with E-state index < -0.39 is 18.1 Å². The zero-order valence-corrected chi connectivity index (χ0v) is 8.38. The van der Waals surface area contributed by atoms with Gasteiger partial charge in [0.25, 0.3) is 0 Å². The predicted molar refractivity (Wildman–Crippen MR) is 49.1 cm³/mol. The highest BCUT2D eigenvalue weighted by Gasteiger charge is 2.32. The molecule has 88 valence electrons. The number of carbonyl (C=O) groups excluding carboxylic acids is 1. The van der Waals surface area contributed by atoms with Crippen LogP contribution in [0.1, 0.15) is 13.3 Å². The fourth-order valence-corrected chi connectivity index (χ4v) is 0.938. The largest absolute Gasteiger partial charge is 0.573 e. The van der Waals surface area contributed by atoms with Crippen LogP contribution in [-0.2, 0) is 4.79 Å². The molecule has 0 bridgehead atoms. The Kier molecular flexibility index (Phi) is 3.76. The van der Waals surface area contributed by atoms with Gasteiger partial charge in [-0.25, -0.2) is 0 Å². The lowest BCUT2D eigenvalue weighted by Crippen LogP contribution is -2.18. The summed E-state index contributed by atoms with van der Waals surface area (Å²) in [5, 5.41) is 0. The number of para-hydroxylation sites is 2. The van der Waals surface area contributed by atoms with Gasteiger partial charge < -0.3 is 9.47 Å². The summed E-state index contributed by atoms with van der Waals surface area (Å²) < 4.78 is 44.3. The third-order valence-electron chi connectivity index (χ3n) is 1.59. The molecule has 0 aliphatic heterocycles. The summed E-state index contributed by atoms with van der Waals surface area (Å²) in [5.74, 6) is -1.40. The lowest BCUT2D eigenvalue weighted by molar-refractivity contribution is -0.275. The van der Waals surface area contributed by atoms with E-state index in [-0.39, 0.29) is 12.2 Å². The first-order chi connectivity index (χ1) is 7.42. The number of carbonyl (C=O) groups is 1. The van der Waals surface area contributed by atoms with E-state index >= 15 is 0 Å². The maximum absolute atomic E-state index is 12.0. The van der Waals surface area contributed by atoms with Gasteiger partial charge in [-0.05, 0) is 12.1 Å². The second-order valence-electron chi connectivity index (χ2n) is 2.82. The Morgan fingerprint density at radius 3 is 2.31 bits per heavy atom. The zero-order chi connectivity index (χ0) is 12.2. The standard InChI is InChI=1S/C10H9F3O3/c1-2-9(14)15-7-5-3-4-6-8(7)16-10(11,12)13/h3-6H,2H2,1H3. The lowest BCUT2D eigenvalue weighted by atomic mass is 10.3. The van der Waals surface area contributed by atoms with Gasteiger partial charge in [0.2, 0.25) is 0 Å². The van der Waals surface area contributed by atoms with Crippen molar-refractivity contribution in [3.8, 4) is 11.5 Å². The summed E-state index contributed by atoms with van der Waals surface area (Å²) >= 11 is 0. The fraction of sp³-hybridized carbons (Fsp3) is 0.300. The van der Waals surface area contributed by atoms with Crippen LogP contribution >= 0.6 is 0 Å². The summed E-state index contributed by atoms with van der Waals surface area (Å²) in [6, 6.07) is 5.10. The summed E-state index contributed by atoms with van der Waals surface area (Å²) in [6.07, 6.45) is -4.74. The van der Waals surface area contributed by atoms with Crippen LogP contribution in [0.2, 0.25) is 0 Å². The molecule has 0 saturated carbocycles. The molecule has 0 unspecified atom stereocenters. The van der Waals surface area contributed by atoms with Gasteiger partial charge in [0.1, 0.15) is 0 Å². The highest BCUT2D eigenvalue weighted by Crippen LogP contribution is 2.31. The second kappa shape index (κ2) is 4.87. The van der Waals surface area contributed by atoms with Crippen LogP contribution in [0.15, 0.2) is 24.3 Å². The number of hydrogen-bond donors (Lipinski definition) is 0. The maximum Gasteiger partial charge on any atom is 0.573 e. The molecule has 0 fully saturated rings. The zero-order valence-electron chi connectivity index (χ0n) is 8.38. The lowest BCUT2D eigenvalue weighted by Gasteiger charge is -2.12.